The molecular formula is C14H27ClN2O. The van der Waals surface area contributed by atoms with Gasteiger partial charge in [-0.05, 0) is 31.2 Å². The van der Waals surface area contributed by atoms with Crippen LogP contribution in [0.2, 0.25) is 0 Å². The molecule has 1 amide bonds. The number of halogens is 1. The minimum absolute atomic E-state index is 0. The summed E-state index contributed by atoms with van der Waals surface area (Å²) in [4.78, 5) is 14.3. The van der Waals surface area contributed by atoms with Crippen molar-refractivity contribution in [3.8, 4) is 0 Å². The Morgan fingerprint density at radius 1 is 1.28 bits per heavy atom. The van der Waals surface area contributed by atoms with Crippen molar-refractivity contribution >= 4 is 18.3 Å². The van der Waals surface area contributed by atoms with Crippen LogP contribution in [0.5, 0.6) is 0 Å². The summed E-state index contributed by atoms with van der Waals surface area (Å²) in [6, 6.07) is 0. The molecule has 1 saturated heterocycles. The van der Waals surface area contributed by atoms with E-state index in [0.29, 0.717) is 11.8 Å². The molecule has 2 unspecified atom stereocenters. The van der Waals surface area contributed by atoms with E-state index in [9.17, 15) is 4.79 Å². The Kier molecular flexibility index (Phi) is 6.44. The minimum Gasteiger partial charge on any atom is -0.342 e. The highest BCUT2D eigenvalue weighted by Crippen LogP contribution is 2.31. The molecule has 2 N–H and O–H groups in total. The summed E-state index contributed by atoms with van der Waals surface area (Å²) in [7, 11) is 0. The van der Waals surface area contributed by atoms with Crippen LogP contribution in [0.15, 0.2) is 0 Å². The lowest BCUT2D eigenvalue weighted by molar-refractivity contribution is -0.134. The third kappa shape index (κ3) is 3.86. The topological polar surface area (TPSA) is 46.3 Å². The van der Waals surface area contributed by atoms with E-state index < -0.39 is 0 Å². The second kappa shape index (κ2) is 7.34. The number of likely N-dealkylation sites (tertiary alicyclic amines) is 1. The Bertz CT molecular complexity index is 267. The Morgan fingerprint density at radius 2 is 1.94 bits per heavy atom. The van der Waals surface area contributed by atoms with Crippen LogP contribution < -0.4 is 5.73 Å². The summed E-state index contributed by atoms with van der Waals surface area (Å²) in [5.74, 6) is 1.93. The Morgan fingerprint density at radius 3 is 2.50 bits per heavy atom. The molecule has 2 fully saturated rings. The van der Waals surface area contributed by atoms with E-state index in [1.54, 1.807) is 0 Å². The fourth-order valence-electron chi connectivity index (χ4n) is 3.38. The van der Waals surface area contributed by atoms with Crippen LogP contribution >= 0.6 is 12.4 Å². The number of carbonyl (C=O) groups excluding carboxylic acids is 1. The molecule has 4 heteroatoms. The molecule has 2 aliphatic rings. The second-order valence-corrected chi connectivity index (χ2v) is 5.96. The van der Waals surface area contributed by atoms with Crippen molar-refractivity contribution in [2.75, 3.05) is 19.6 Å². The first-order valence-corrected chi connectivity index (χ1v) is 7.19. The van der Waals surface area contributed by atoms with Gasteiger partial charge in [0, 0.05) is 19.0 Å². The van der Waals surface area contributed by atoms with Gasteiger partial charge >= 0.3 is 0 Å². The summed E-state index contributed by atoms with van der Waals surface area (Å²) in [5.41, 5.74) is 5.67. The minimum atomic E-state index is 0. The van der Waals surface area contributed by atoms with Crippen LogP contribution in [0.1, 0.15) is 45.4 Å². The molecule has 2 atom stereocenters. The first-order chi connectivity index (χ1) is 8.20. The van der Waals surface area contributed by atoms with Crippen molar-refractivity contribution in [1.82, 2.24) is 4.90 Å². The van der Waals surface area contributed by atoms with E-state index in [4.69, 9.17) is 5.73 Å². The molecule has 0 aromatic rings. The highest BCUT2D eigenvalue weighted by molar-refractivity contribution is 5.85. The molecule has 0 aromatic carbocycles. The van der Waals surface area contributed by atoms with Crippen molar-refractivity contribution in [2.45, 2.75) is 45.4 Å². The molecule has 1 aliphatic carbocycles. The van der Waals surface area contributed by atoms with Gasteiger partial charge in [0.2, 0.25) is 5.91 Å². The van der Waals surface area contributed by atoms with Crippen LogP contribution in [0, 0.1) is 17.8 Å². The van der Waals surface area contributed by atoms with Gasteiger partial charge in [-0.1, -0.05) is 32.6 Å². The smallest absolute Gasteiger partial charge is 0.225 e. The third-order valence-electron chi connectivity index (χ3n) is 4.51. The fourth-order valence-corrected chi connectivity index (χ4v) is 3.38. The van der Waals surface area contributed by atoms with Gasteiger partial charge in [-0.25, -0.2) is 0 Å². The molecule has 106 valence electrons. The van der Waals surface area contributed by atoms with Crippen LogP contribution in [-0.2, 0) is 4.79 Å². The number of hydrogen-bond acceptors (Lipinski definition) is 2. The summed E-state index contributed by atoms with van der Waals surface area (Å²) >= 11 is 0. The monoisotopic (exact) mass is 274 g/mol. The van der Waals surface area contributed by atoms with E-state index in [0.717, 1.165) is 38.4 Å². The maximum Gasteiger partial charge on any atom is 0.225 e. The third-order valence-corrected chi connectivity index (χ3v) is 4.51. The molecule has 18 heavy (non-hydrogen) atoms. The van der Waals surface area contributed by atoms with Gasteiger partial charge in [-0.2, -0.15) is 0 Å². The van der Waals surface area contributed by atoms with Gasteiger partial charge in [0.1, 0.15) is 0 Å². The quantitative estimate of drug-likeness (QED) is 0.856. The maximum absolute atomic E-state index is 12.3. The van der Waals surface area contributed by atoms with Crippen molar-refractivity contribution in [3.05, 3.63) is 0 Å². The summed E-state index contributed by atoms with van der Waals surface area (Å²) in [6.07, 6.45) is 7.60. The zero-order valence-electron chi connectivity index (χ0n) is 11.4. The number of nitrogens with two attached hydrogens (primary N) is 1. The van der Waals surface area contributed by atoms with E-state index in [2.05, 4.69) is 6.92 Å². The summed E-state index contributed by atoms with van der Waals surface area (Å²) in [5, 5.41) is 0. The Labute approximate surface area is 117 Å². The predicted octanol–water partition coefficient (Wildman–Crippen LogP) is 2.43. The SMILES string of the molecule is CC(CC1CCCC1)C(=O)N1CCC(CN)C1.Cl. The van der Waals surface area contributed by atoms with Gasteiger partial charge in [-0.3, -0.25) is 4.79 Å². The molecule has 1 heterocycles. The number of nitrogens with zero attached hydrogens (tertiary/aromatic N) is 1. The average Bonchev–Trinajstić information content (AvgIpc) is 2.98. The molecule has 0 spiro atoms. The predicted molar refractivity (Wildman–Crippen MR) is 76.7 cm³/mol. The molecule has 1 saturated carbocycles. The van der Waals surface area contributed by atoms with E-state index in [-0.39, 0.29) is 18.3 Å². The van der Waals surface area contributed by atoms with Crippen molar-refractivity contribution in [2.24, 2.45) is 23.5 Å². The first kappa shape index (κ1) is 15.8. The Balaban J connectivity index is 0.00000162. The van der Waals surface area contributed by atoms with Crippen molar-refractivity contribution in [1.29, 1.82) is 0 Å². The lowest BCUT2D eigenvalue weighted by Crippen LogP contribution is -2.34. The Hall–Kier alpha value is -0.280. The van der Waals surface area contributed by atoms with Gasteiger partial charge in [0.25, 0.3) is 0 Å². The largest absolute Gasteiger partial charge is 0.342 e. The number of hydrogen-bond donors (Lipinski definition) is 1. The summed E-state index contributed by atoms with van der Waals surface area (Å²) < 4.78 is 0. The lowest BCUT2D eigenvalue weighted by Gasteiger charge is -2.22. The van der Waals surface area contributed by atoms with Gasteiger partial charge in [-0.15, -0.1) is 12.4 Å². The van der Waals surface area contributed by atoms with E-state index in [1.165, 1.54) is 25.7 Å². The zero-order chi connectivity index (χ0) is 12.3. The molecule has 2 rings (SSSR count). The highest BCUT2D eigenvalue weighted by atomic mass is 35.5. The maximum atomic E-state index is 12.3. The second-order valence-electron chi connectivity index (χ2n) is 5.96. The molecular weight excluding hydrogens is 248 g/mol. The standard InChI is InChI=1S/C14H26N2O.ClH/c1-11(8-12-4-2-3-5-12)14(17)16-7-6-13(9-15)10-16;/h11-13H,2-10,15H2,1H3;1H. The summed E-state index contributed by atoms with van der Waals surface area (Å²) in [6.45, 7) is 4.65. The van der Waals surface area contributed by atoms with Crippen molar-refractivity contribution in [3.63, 3.8) is 0 Å². The van der Waals surface area contributed by atoms with Crippen LogP contribution in [0.25, 0.3) is 0 Å². The molecule has 3 nitrogen and oxygen atoms in total. The zero-order valence-corrected chi connectivity index (χ0v) is 12.3. The molecule has 0 radical (unpaired) electrons. The number of rotatable bonds is 4. The number of carbonyl (C=O) groups is 1. The molecule has 0 aromatic heterocycles. The van der Waals surface area contributed by atoms with Gasteiger partial charge < -0.3 is 10.6 Å². The molecule has 1 aliphatic heterocycles. The van der Waals surface area contributed by atoms with E-state index in [1.807, 2.05) is 4.90 Å². The number of amides is 1. The molecule has 0 bridgehead atoms. The van der Waals surface area contributed by atoms with Crippen molar-refractivity contribution < 1.29 is 4.79 Å². The van der Waals surface area contributed by atoms with Gasteiger partial charge in [0.05, 0.1) is 0 Å². The highest BCUT2D eigenvalue weighted by Gasteiger charge is 2.29. The van der Waals surface area contributed by atoms with Crippen LogP contribution in [0.3, 0.4) is 0 Å². The van der Waals surface area contributed by atoms with Crippen LogP contribution in [-0.4, -0.2) is 30.4 Å². The lowest BCUT2D eigenvalue weighted by atomic mass is 9.93. The average molecular weight is 275 g/mol. The fraction of sp³-hybridized carbons (Fsp3) is 0.929. The first-order valence-electron chi connectivity index (χ1n) is 7.19. The van der Waals surface area contributed by atoms with Gasteiger partial charge in [0.15, 0.2) is 0 Å². The van der Waals surface area contributed by atoms with Crippen LogP contribution in [0.4, 0.5) is 0 Å². The van der Waals surface area contributed by atoms with E-state index >= 15 is 0 Å². The normalized spacial score (nSPS) is 26.1.